The van der Waals surface area contributed by atoms with Gasteiger partial charge in [0.25, 0.3) is 0 Å². The van der Waals surface area contributed by atoms with Crippen molar-refractivity contribution in [2.75, 3.05) is 13.3 Å². The lowest BCUT2D eigenvalue weighted by Crippen LogP contribution is -2.29. The van der Waals surface area contributed by atoms with E-state index in [1.807, 2.05) is 13.8 Å². The van der Waals surface area contributed by atoms with Crippen molar-refractivity contribution in [1.29, 1.82) is 0 Å². The number of ether oxygens (including phenoxy) is 2. The molecule has 0 rings (SSSR count). The fraction of sp³-hybridized carbons (Fsp3) is 0.857. The molecule has 0 N–H and O–H groups in total. The average molecular weight is 203 g/mol. The molecular weight excluding hydrogens is 190 g/mol. The summed E-state index contributed by atoms with van der Waals surface area (Å²) in [6.45, 7) is 5.64. The Morgan fingerprint density at radius 3 is 2.69 bits per heavy atom. The predicted octanol–water partition coefficient (Wildman–Crippen LogP) is 2.41. The zero-order valence-corrected chi connectivity index (χ0v) is 8.80. The molecule has 0 aliphatic heterocycles. The van der Waals surface area contributed by atoms with Crippen molar-refractivity contribution in [3.8, 4) is 0 Å². The summed E-state index contributed by atoms with van der Waals surface area (Å²) in [5, 5.41) is 3.84. The van der Waals surface area contributed by atoms with Gasteiger partial charge in [0.1, 0.15) is 0 Å². The molecule has 0 aliphatic rings. The first-order valence-corrected chi connectivity index (χ1v) is 4.17. The maximum absolute atomic E-state index is 8.09. The molecule has 0 amide bonds. The van der Waals surface area contributed by atoms with Crippen LogP contribution in [0.15, 0.2) is 5.11 Å². The van der Waals surface area contributed by atoms with Gasteiger partial charge in [0.15, 0.2) is 11.8 Å². The lowest BCUT2D eigenvalue weighted by Gasteiger charge is -2.22. The van der Waals surface area contributed by atoms with Gasteiger partial charge in [-0.3, -0.25) is 0 Å². The Bertz CT molecular complexity index is 224. The molecule has 0 saturated heterocycles. The minimum atomic E-state index is -0.517. The van der Waals surface area contributed by atoms with Crippen LogP contribution < -0.4 is 0 Å². The second kappa shape index (κ2) is 5.75. The molecule has 0 atom stereocenters. The highest BCUT2D eigenvalue weighted by Crippen LogP contribution is 2.09. The van der Waals surface area contributed by atoms with E-state index in [9.17, 15) is 0 Å². The number of nitrogens with zero attached hydrogens (tertiary/aromatic N) is 3. The first kappa shape index (κ1) is 12.2. The zero-order chi connectivity index (χ0) is 10.3. The van der Waals surface area contributed by atoms with E-state index in [0.717, 1.165) is 0 Å². The van der Waals surface area contributed by atoms with Crippen LogP contribution >= 0.6 is 12.2 Å². The molecule has 5 nitrogen and oxygen atoms in total. The molecule has 0 radical (unpaired) electrons. The fourth-order valence-electron chi connectivity index (χ4n) is 0.520. The normalized spacial score (nSPS) is 10.4. The number of thiocarbonyl (C=S) groups is 1. The highest BCUT2D eigenvalue weighted by molar-refractivity contribution is 7.80. The Kier molecular flexibility index (Phi) is 5.37. The van der Waals surface area contributed by atoms with Crippen LogP contribution in [0.1, 0.15) is 20.8 Å². The van der Waals surface area contributed by atoms with E-state index in [1.54, 1.807) is 6.92 Å². The fourth-order valence-corrected chi connectivity index (χ4v) is 0.568. The summed E-state index contributed by atoms with van der Waals surface area (Å²) in [5.41, 5.74) is 7.58. The molecule has 0 aromatic heterocycles. The van der Waals surface area contributed by atoms with Crippen molar-refractivity contribution in [2.24, 2.45) is 5.11 Å². The van der Waals surface area contributed by atoms with Crippen LogP contribution in [0.5, 0.6) is 0 Å². The monoisotopic (exact) mass is 203 g/mol. The first-order valence-electron chi connectivity index (χ1n) is 3.76. The largest absolute Gasteiger partial charge is 0.461 e. The molecular formula is C7H13N3O2S. The van der Waals surface area contributed by atoms with Crippen LogP contribution in [0, 0.1) is 0 Å². The predicted molar refractivity (Wildman–Crippen MR) is 53.4 cm³/mol. The van der Waals surface area contributed by atoms with Gasteiger partial charge >= 0.3 is 0 Å². The maximum atomic E-state index is 8.09. The summed E-state index contributed by atoms with van der Waals surface area (Å²) in [4.78, 5) is 2.64. The Morgan fingerprint density at radius 2 is 2.23 bits per heavy atom. The van der Waals surface area contributed by atoms with E-state index >= 15 is 0 Å². The third-order valence-corrected chi connectivity index (χ3v) is 1.34. The molecule has 74 valence electrons. The maximum Gasteiger partial charge on any atom is 0.190 e. The number of azide groups is 1. The van der Waals surface area contributed by atoms with Crippen LogP contribution in [0.4, 0.5) is 0 Å². The van der Waals surface area contributed by atoms with Crippen LogP contribution in [0.25, 0.3) is 10.4 Å². The average Bonchev–Trinajstić information content (AvgIpc) is 2.00. The second-order valence-corrected chi connectivity index (χ2v) is 3.62. The third kappa shape index (κ3) is 7.52. The van der Waals surface area contributed by atoms with Crippen LogP contribution in [0.3, 0.4) is 0 Å². The number of hydrogen-bond donors (Lipinski definition) is 0. The van der Waals surface area contributed by atoms with Crippen molar-refractivity contribution in [3.63, 3.8) is 0 Å². The van der Waals surface area contributed by atoms with Gasteiger partial charge in [-0.25, -0.2) is 0 Å². The van der Waals surface area contributed by atoms with Crippen molar-refractivity contribution in [3.05, 3.63) is 10.4 Å². The number of hydrogen-bond acceptors (Lipinski definition) is 4. The summed E-state index contributed by atoms with van der Waals surface area (Å²) >= 11 is 4.69. The summed E-state index contributed by atoms with van der Waals surface area (Å²) in [6.07, 6.45) is 0. The Hall–Kier alpha value is -0.840. The molecule has 0 saturated carbocycles. The SMILES string of the molecule is CC(=S)OCOC(C)(C)CN=[N+]=[N-]. The van der Waals surface area contributed by atoms with Gasteiger partial charge in [-0.15, -0.1) is 0 Å². The van der Waals surface area contributed by atoms with E-state index in [-0.39, 0.29) is 13.3 Å². The van der Waals surface area contributed by atoms with Crippen LogP contribution in [-0.4, -0.2) is 24.0 Å². The molecule has 0 aliphatic carbocycles. The Morgan fingerprint density at radius 1 is 1.62 bits per heavy atom. The number of rotatable bonds is 5. The van der Waals surface area contributed by atoms with Gasteiger partial charge in [0.2, 0.25) is 0 Å². The molecule has 0 fully saturated rings. The van der Waals surface area contributed by atoms with Gasteiger partial charge in [0, 0.05) is 11.8 Å². The van der Waals surface area contributed by atoms with Gasteiger partial charge in [-0.05, 0) is 31.6 Å². The quantitative estimate of drug-likeness (QED) is 0.226. The summed E-state index contributed by atoms with van der Waals surface area (Å²) < 4.78 is 10.2. The molecule has 13 heavy (non-hydrogen) atoms. The van der Waals surface area contributed by atoms with Crippen molar-refractivity contribution in [1.82, 2.24) is 0 Å². The summed E-state index contributed by atoms with van der Waals surface area (Å²) in [5.74, 6) is 0. The van der Waals surface area contributed by atoms with E-state index in [4.69, 9.17) is 15.0 Å². The van der Waals surface area contributed by atoms with Crippen molar-refractivity contribution in [2.45, 2.75) is 26.4 Å². The standard InChI is InChI=1S/C7H13N3O2S/c1-6(13)11-5-12-7(2,3)4-9-10-8/h4-5H2,1-3H3. The highest BCUT2D eigenvalue weighted by Gasteiger charge is 2.17. The summed E-state index contributed by atoms with van der Waals surface area (Å²) in [7, 11) is 0. The summed E-state index contributed by atoms with van der Waals surface area (Å²) in [6, 6.07) is 0. The Balaban J connectivity index is 3.74. The van der Waals surface area contributed by atoms with Crippen LogP contribution in [0.2, 0.25) is 0 Å². The van der Waals surface area contributed by atoms with Gasteiger partial charge in [-0.1, -0.05) is 5.11 Å². The lowest BCUT2D eigenvalue weighted by atomic mass is 10.1. The molecule has 0 aromatic carbocycles. The molecule has 0 unspecified atom stereocenters. The highest BCUT2D eigenvalue weighted by atomic mass is 32.1. The van der Waals surface area contributed by atoms with E-state index in [0.29, 0.717) is 5.05 Å². The third-order valence-electron chi connectivity index (χ3n) is 1.23. The van der Waals surface area contributed by atoms with Gasteiger partial charge < -0.3 is 9.47 Å². The Labute approximate surface area is 82.6 Å². The van der Waals surface area contributed by atoms with Crippen LogP contribution in [-0.2, 0) is 9.47 Å². The molecule has 0 heterocycles. The van der Waals surface area contributed by atoms with E-state index in [2.05, 4.69) is 22.2 Å². The van der Waals surface area contributed by atoms with Gasteiger partial charge in [0.05, 0.1) is 12.1 Å². The topological polar surface area (TPSA) is 67.2 Å². The molecule has 0 spiro atoms. The minimum absolute atomic E-state index is 0.0866. The first-order chi connectivity index (χ1) is 5.98. The minimum Gasteiger partial charge on any atom is -0.461 e. The molecule has 0 aromatic rings. The van der Waals surface area contributed by atoms with E-state index in [1.165, 1.54) is 0 Å². The smallest absolute Gasteiger partial charge is 0.190 e. The van der Waals surface area contributed by atoms with Crippen molar-refractivity contribution >= 4 is 17.3 Å². The zero-order valence-electron chi connectivity index (χ0n) is 7.98. The van der Waals surface area contributed by atoms with Gasteiger partial charge in [-0.2, -0.15) is 0 Å². The molecule has 0 bridgehead atoms. The van der Waals surface area contributed by atoms with Crippen molar-refractivity contribution < 1.29 is 9.47 Å². The van der Waals surface area contributed by atoms with E-state index < -0.39 is 5.60 Å². The second-order valence-electron chi connectivity index (χ2n) is 3.05. The molecule has 6 heteroatoms. The lowest BCUT2D eigenvalue weighted by molar-refractivity contribution is -0.0848.